The van der Waals surface area contributed by atoms with E-state index in [1.807, 2.05) is 6.92 Å². The Morgan fingerprint density at radius 2 is 2.05 bits per heavy atom. The molecule has 0 spiro atoms. The maximum absolute atomic E-state index is 12.8. The fourth-order valence-electron chi connectivity index (χ4n) is 2.24. The highest BCUT2D eigenvalue weighted by Crippen LogP contribution is 2.34. The highest BCUT2D eigenvalue weighted by atomic mass is 32.2. The SMILES string of the molecule is CCCCN(C1CC1)S(=O)(=O)c1ccc(C(N)=O)cc1N. The first-order chi connectivity index (χ1) is 9.87. The largest absolute Gasteiger partial charge is 0.398 e. The van der Waals surface area contributed by atoms with Gasteiger partial charge in [0.15, 0.2) is 0 Å². The predicted molar refractivity (Wildman–Crippen MR) is 81.2 cm³/mol. The Morgan fingerprint density at radius 3 is 2.52 bits per heavy atom. The molecule has 1 saturated carbocycles. The van der Waals surface area contributed by atoms with Crippen molar-refractivity contribution in [1.82, 2.24) is 4.31 Å². The van der Waals surface area contributed by atoms with Gasteiger partial charge in [-0.25, -0.2) is 8.42 Å². The summed E-state index contributed by atoms with van der Waals surface area (Å²) in [6.07, 6.45) is 3.52. The first-order valence-electron chi connectivity index (χ1n) is 7.09. The molecule has 0 saturated heterocycles. The molecule has 1 amide bonds. The number of amides is 1. The molecule has 1 aromatic carbocycles. The third-order valence-corrected chi connectivity index (χ3v) is 5.59. The number of nitrogen functional groups attached to an aromatic ring is 1. The Balaban J connectivity index is 2.35. The minimum Gasteiger partial charge on any atom is -0.398 e. The van der Waals surface area contributed by atoms with Gasteiger partial charge < -0.3 is 11.5 Å². The van der Waals surface area contributed by atoms with E-state index in [-0.39, 0.29) is 22.2 Å². The van der Waals surface area contributed by atoms with Gasteiger partial charge in [-0.15, -0.1) is 0 Å². The van der Waals surface area contributed by atoms with Crippen molar-refractivity contribution in [2.45, 2.75) is 43.5 Å². The van der Waals surface area contributed by atoms with E-state index < -0.39 is 15.9 Å². The lowest BCUT2D eigenvalue weighted by atomic mass is 10.2. The molecule has 0 bridgehead atoms. The predicted octanol–water partition coefficient (Wildman–Crippen LogP) is 1.32. The number of carbonyl (C=O) groups is 1. The summed E-state index contributed by atoms with van der Waals surface area (Å²) >= 11 is 0. The minimum absolute atomic E-state index is 0.0514. The van der Waals surface area contributed by atoms with Crippen LogP contribution in [0.3, 0.4) is 0 Å². The molecule has 1 fully saturated rings. The Bertz CT molecular complexity index is 639. The summed E-state index contributed by atoms with van der Waals surface area (Å²) in [4.78, 5) is 11.2. The van der Waals surface area contributed by atoms with Crippen molar-refractivity contribution in [3.05, 3.63) is 23.8 Å². The van der Waals surface area contributed by atoms with Crippen LogP contribution in [-0.4, -0.2) is 31.2 Å². The van der Waals surface area contributed by atoms with Crippen molar-refractivity contribution < 1.29 is 13.2 Å². The molecular formula is C14H21N3O3S. The molecule has 0 radical (unpaired) electrons. The van der Waals surface area contributed by atoms with E-state index in [9.17, 15) is 13.2 Å². The van der Waals surface area contributed by atoms with Gasteiger partial charge in [-0.3, -0.25) is 4.79 Å². The van der Waals surface area contributed by atoms with E-state index in [1.54, 1.807) is 0 Å². The number of rotatable bonds is 7. The average Bonchev–Trinajstić information content (AvgIpc) is 3.23. The van der Waals surface area contributed by atoms with Crippen molar-refractivity contribution in [3.8, 4) is 0 Å². The average molecular weight is 311 g/mol. The maximum atomic E-state index is 12.8. The molecule has 0 atom stereocenters. The molecule has 21 heavy (non-hydrogen) atoms. The van der Waals surface area contributed by atoms with Gasteiger partial charge in [-0.05, 0) is 37.5 Å². The first kappa shape index (κ1) is 15.8. The number of hydrogen-bond acceptors (Lipinski definition) is 4. The number of sulfonamides is 1. The molecule has 2 rings (SSSR count). The normalized spacial score (nSPS) is 15.3. The molecule has 1 aromatic rings. The molecule has 0 aliphatic heterocycles. The lowest BCUT2D eigenvalue weighted by Crippen LogP contribution is -2.34. The first-order valence-corrected chi connectivity index (χ1v) is 8.53. The second-order valence-electron chi connectivity index (χ2n) is 5.32. The molecule has 116 valence electrons. The summed E-state index contributed by atoms with van der Waals surface area (Å²) in [6, 6.07) is 4.17. The summed E-state index contributed by atoms with van der Waals surface area (Å²) in [5, 5.41) is 0. The Hall–Kier alpha value is -1.60. The van der Waals surface area contributed by atoms with Crippen molar-refractivity contribution in [2.75, 3.05) is 12.3 Å². The fraction of sp³-hybridized carbons (Fsp3) is 0.500. The van der Waals surface area contributed by atoms with Gasteiger partial charge >= 0.3 is 0 Å². The van der Waals surface area contributed by atoms with Crippen molar-refractivity contribution in [1.29, 1.82) is 0 Å². The lowest BCUT2D eigenvalue weighted by Gasteiger charge is -2.22. The zero-order valence-electron chi connectivity index (χ0n) is 12.1. The van der Waals surface area contributed by atoms with E-state index in [2.05, 4.69) is 0 Å². The zero-order valence-corrected chi connectivity index (χ0v) is 12.9. The van der Waals surface area contributed by atoms with E-state index in [1.165, 1.54) is 22.5 Å². The summed E-state index contributed by atoms with van der Waals surface area (Å²) in [7, 11) is -3.63. The van der Waals surface area contributed by atoms with Crippen LogP contribution in [0.1, 0.15) is 43.0 Å². The highest BCUT2D eigenvalue weighted by molar-refractivity contribution is 7.89. The molecule has 0 unspecified atom stereocenters. The monoisotopic (exact) mass is 311 g/mol. The van der Waals surface area contributed by atoms with Crippen molar-refractivity contribution in [3.63, 3.8) is 0 Å². The molecule has 7 heteroatoms. The van der Waals surface area contributed by atoms with Crippen LogP contribution in [0.25, 0.3) is 0 Å². The number of primary amides is 1. The molecule has 4 N–H and O–H groups in total. The number of benzene rings is 1. The molecule has 1 aliphatic carbocycles. The van der Waals surface area contributed by atoms with E-state index >= 15 is 0 Å². The number of anilines is 1. The highest BCUT2D eigenvalue weighted by Gasteiger charge is 2.38. The van der Waals surface area contributed by atoms with Crippen LogP contribution in [0.4, 0.5) is 5.69 Å². The summed E-state index contributed by atoms with van der Waals surface area (Å²) in [5.74, 6) is -0.629. The van der Waals surface area contributed by atoms with Gasteiger partial charge in [0.05, 0.1) is 5.69 Å². The summed E-state index contributed by atoms with van der Waals surface area (Å²) < 4.78 is 27.0. The van der Waals surface area contributed by atoms with Crippen LogP contribution in [0, 0.1) is 0 Å². The van der Waals surface area contributed by atoms with Crippen molar-refractivity contribution in [2.24, 2.45) is 5.73 Å². The fourth-order valence-corrected chi connectivity index (χ4v) is 4.06. The van der Waals surface area contributed by atoms with Gasteiger partial charge in [0, 0.05) is 18.2 Å². The van der Waals surface area contributed by atoms with E-state index in [0.717, 1.165) is 25.7 Å². The number of unbranched alkanes of at least 4 members (excludes halogenated alkanes) is 1. The lowest BCUT2D eigenvalue weighted by molar-refractivity contribution is 0.1000. The molecule has 0 heterocycles. The topological polar surface area (TPSA) is 106 Å². The number of nitrogens with zero attached hydrogens (tertiary/aromatic N) is 1. The molecule has 0 aromatic heterocycles. The van der Waals surface area contributed by atoms with Crippen molar-refractivity contribution >= 4 is 21.6 Å². The molecule has 1 aliphatic rings. The Labute approximate surface area is 125 Å². The second kappa shape index (κ2) is 6.03. The van der Waals surface area contributed by atoms with Crippen LogP contribution in [-0.2, 0) is 10.0 Å². The number of carbonyl (C=O) groups excluding carboxylic acids is 1. The summed E-state index contributed by atoms with van der Waals surface area (Å²) in [5.41, 5.74) is 11.3. The van der Waals surface area contributed by atoms with Gasteiger partial charge in [-0.2, -0.15) is 4.31 Å². The third-order valence-electron chi connectivity index (χ3n) is 3.57. The quantitative estimate of drug-likeness (QED) is 0.740. The summed E-state index contributed by atoms with van der Waals surface area (Å²) in [6.45, 7) is 2.52. The van der Waals surface area contributed by atoms with Crippen LogP contribution >= 0.6 is 0 Å². The van der Waals surface area contributed by atoms with Crippen LogP contribution in [0.15, 0.2) is 23.1 Å². The van der Waals surface area contributed by atoms with Crippen LogP contribution < -0.4 is 11.5 Å². The zero-order chi connectivity index (χ0) is 15.6. The smallest absolute Gasteiger partial charge is 0.248 e. The van der Waals surface area contributed by atoms with Crippen LogP contribution in [0.2, 0.25) is 0 Å². The molecule has 6 nitrogen and oxygen atoms in total. The van der Waals surface area contributed by atoms with E-state index in [0.29, 0.717) is 6.54 Å². The standard InChI is InChI=1S/C14H21N3O3S/c1-2-3-8-17(11-5-6-11)21(19,20)13-7-4-10(14(16)18)9-12(13)15/h4,7,9,11H,2-3,5-6,8,15H2,1H3,(H2,16,18). The maximum Gasteiger partial charge on any atom is 0.248 e. The Morgan fingerprint density at radius 1 is 1.38 bits per heavy atom. The van der Waals surface area contributed by atoms with Gasteiger partial charge in [0.1, 0.15) is 4.90 Å². The third kappa shape index (κ3) is 3.36. The number of nitrogens with two attached hydrogens (primary N) is 2. The Kier molecular flexibility index (Phi) is 4.53. The van der Waals surface area contributed by atoms with Gasteiger partial charge in [0.2, 0.25) is 15.9 Å². The van der Waals surface area contributed by atoms with Gasteiger partial charge in [0.25, 0.3) is 0 Å². The number of hydrogen-bond donors (Lipinski definition) is 2. The minimum atomic E-state index is -3.63. The molecular weight excluding hydrogens is 290 g/mol. The van der Waals surface area contributed by atoms with Gasteiger partial charge in [-0.1, -0.05) is 13.3 Å². The van der Waals surface area contributed by atoms with Crippen LogP contribution in [0.5, 0.6) is 0 Å². The van der Waals surface area contributed by atoms with E-state index in [4.69, 9.17) is 11.5 Å². The second-order valence-corrected chi connectivity index (χ2v) is 7.18.